The van der Waals surface area contributed by atoms with Crippen LogP contribution in [0, 0.1) is 4.77 Å². The van der Waals surface area contributed by atoms with E-state index in [0.717, 1.165) is 5.56 Å². The maximum Gasteiger partial charge on any atom is 0.236 e. The molecule has 31 heavy (non-hydrogen) atoms. The lowest BCUT2D eigenvalue weighted by Gasteiger charge is -2.32. The molecule has 1 fully saturated rings. The molecule has 3 aromatic rings. The minimum atomic E-state index is -3.46. The molecule has 0 saturated carbocycles. The van der Waals surface area contributed by atoms with E-state index in [1.54, 1.807) is 17.0 Å². The Balaban J connectivity index is 1.41. The Morgan fingerprint density at radius 2 is 1.84 bits per heavy atom. The van der Waals surface area contributed by atoms with Crippen LogP contribution in [0.25, 0.3) is 17.7 Å². The minimum absolute atomic E-state index is 0.425. The highest BCUT2D eigenvalue weighted by molar-refractivity contribution is 7.92. The second kappa shape index (κ2) is 9.31. The van der Waals surface area contributed by atoms with Gasteiger partial charge < -0.3 is 4.42 Å². The number of hydrogen-bond acceptors (Lipinski definition) is 6. The molecule has 0 atom stereocenters. The summed E-state index contributed by atoms with van der Waals surface area (Å²) in [5.74, 6) is 1.37. The highest BCUT2D eigenvalue weighted by atomic mass is 32.2. The molecule has 1 aromatic carbocycles. The van der Waals surface area contributed by atoms with Gasteiger partial charge in [-0.15, -0.1) is 5.10 Å². The van der Waals surface area contributed by atoms with Gasteiger partial charge in [-0.05, 0) is 42.9 Å². The van der Waals surface area contributed by atoms with Gasteiger partial charge in [-0.3, -0.25) is 9.47 Å². The van der Waals surface area contributed by atoms with Gasteiger partial charge in [-0.2, -0.15) is 4.31 Å². The summed E-state index contributed by atoms with van der Waals surface area (Å²) in [7, 11) is -3.46. The third-order valence-corrected chi connectivity index (χ3v) is 7.23. The third kappa shape index (κ3) is 4.87. The standard InChI is InChI=1S/C21H25N5O3S2/c1-2-25-20(19-9-6-15-29-19)22-26(21(25)30)17-23-11-13-24(14-12-23)31(27,28)16-10-18-7-4-3-5-8-18/h3-10,15-16H,2,11-14,17H2,1H3. The molecule has 10 heteroatoms. The number of rotatable bonds is 7. The van der Waals surface area contributed by atoms with Crippen LogP contribution in [-0.4, -0.2) is 58.1 Å². The zero-order valence-corrected chi connectivity index (χ0v) is 18.9. The summed E-state index contributed by atoms with van der Waals surface area (Å²) in [6.07, 6.45) is 3.25. The van der Waals surface area contributed by atoms with Crippen LogP contribution in [0.5, 0.6) is 0 Å². The van der Waals surface area contributed by atoms with Crippen molar-refractivity contribution in [2.75, 3.05) is 26.2 Å². The van der Waals surface area contributed by atoms with Gasteiger partial charge in [0.05, 0.1) is 12.9 Å². The molecular weight excluding hydrogens is 434 g/mol. The quantitative estimate of drug-likeness (QED) is 0.505. The van der Waals surface area contributed by atoms with Crippen molar-refractivity contribution < 1.29 is 12.8 Å². The lowest BCUT2D eigenvalue weighted by Crippen LogP contribution is -2.48. The predicted molar refractivity (Wildman–Crippen MR) is 122 cm³/mol. The first kappa shape index (κ1) is 21.7. The maximum absolute atomic E-state index is 12.7. The van der Waals surface area contributed by atoms with Gasteiger partial charge in [-0.25, -0.2) is 13.1 Å². The van der Waals surface area contributed by atoms with Crippen LogP contribution in [-0.2, 0) is 23.2 Å². The van der Waals surface area contributed by atoms with Crippen LogP contribution in [0.4, 0.5) is 0 Å². The first-order valence-corrected chi connectivity index (χ1v) is 12.1. The smallest absolute Gasteiger partial charge is 0.236 e. The summed E-state index contributed by atoms with van der Waals surface area (Å²) in [6.45, 7) is 5.27. The van der Waals surface area contributed by atoms with E-state index in [1.165, 1.54) is 9.71 Å². The molecule has 0 unspecified atom stereocenters. The SMILES string of the molecule is CCn1c(-c2ccco2)nn(CN2CCN(S(=O)(=O)C=Cc3ccccc3)CC2)c1=S. The molecule has 1 aliphatic rings. The van der Waals surface area contributed by atoms with Crippen molar-refractivity contribution >= 4 is 28.3 Å². The topological polar surface area (TPSA) is 76.5 Å². The van der Waals surface area contributed by atoms with Crippen molar-refractivity contribution in [3.8, 4) is 11.6 Å². The molecule has 0 bridgehead atoms. The lowest BCUT2D eigenvalue weighted by molar-refractivity contribution is 0.145. The van der Waals surface area contributed by atoms with Crippen molar-refractivity contribution in [3.63, 3.8) is 0 Å². The summed E-state index contributed by atoms with van der Waals surface area (Å²) in [4.78, 5) is 2.15. The molecular formula is C21H25N5O3S2. The Bertz CT molecular complexity index is 1190. The summed E-state index contributed by atoms with van der Waals surface area (Å²) in [6, 6.07) is 13.1. The molecule has 4 rings (SSSR count). The van der Waals surface area contributed by atoms with Gasteiger partial charge in [0.1, 0.15) is 0 Å². The van der Waals surface area contributed by atoms with Crippen LogP contribution in [0.2, 0.25) is 0 Å². The van der Waals surface area contributed by atoms with Crippen LogP contribution in [0.3, 0.4) is 0 Å². The normalized spacial score (nSPS) is 16.3. The molecule has 2 aromatic heterocycles. The van der Waals surface area contributed by atoms with Crippen molar-refractivity contribution in [1.82, 2.24) is 23.6 Å². The van der Waals surface area contributed by atoms with Gasteiger partial charge in [0.25, 0.3) is 0 Å². The number of hydrogen-bond donors (Lipinski definition) is 0. The number of nitrogens with zero attached hydrogens (tertiary/aromatic N) is 5. The fraction of sp³-hybridized carbons (Fsp3) is 0.333. The summed E-state index contributed by atoms with van der Waals surface area (Å²) >= 11 is 5.60. The summed E-state index contributed by atoms with van der Waals surface area (Å²) in [5, 5.41) is 5.93. The fourth-order valence-electron chi connectivity index (χ4n) is 3.54. The highest BCUT2D eigenvalue weighted by Gasteiger charge is 2.26. The van der Waals surface area contributed by atoms with Crippen molar-refractivity contribution in [2.24, 2.45) is 0 Å². The molecule has 164 valence electrons. The van der Waals surface area contributed by atoms with E-state index in [0.29, 0.717) is 55.7 Å². The molecule has 0 N–H and O–H groups in total. The fourth-order valence-corrected chi connectivity index (χ4v) is 5.02. The van der Waals surface area contributed by atoms with Crippen molar-refractivity contribution in [2.45, 2.75) is 20.1 Å². The Morgan fingerprint density at radius 3 is 2.48 bits per heavy atom. The summed E-state index contributed by atoms with van der Waals surface area (Å²) in [5.41, 5.74) is 0.859. The zero-order chi connectivity index (χ0) is 21.8. The van der Waals surface area contributed by atoms with Crippen molar-refractivity contribution in [3.05, 3.63) is 64.5 Å². The second-order valence-corrected chi connectivity index (χ2v) is 9.43. The maximum atomic E-state index is 12.7. The zero-order valence-electron chi connectivity index (χ0n) is 17.3. The predicted octanol–water partition coefficient (Wildman–Crippen LogP) is 3.27. The monoisotopic (exact) mass is 459 g/mol. The Labute approximate surface area is 187 Å². The van der Waals surface area contributed by atoms with Crippen LogP contribution < -0.4 is 0 Å². The summed E-state index contributed by atoms with van der Waals surface area (Å²) < 4.78 is 36.7. The Morgan fingerprint density at radius 1 is 1.10 bits per heavy atom. The number of benzene rings is 1. The van der Waals surface area contributed by atoms with Gasteiger partial charge >= 0.3 is 0 Å². The van der Waals surface area contributed by atoms with E-state index < -0.39 is 10.0 Å². The third-order valence-electron chi connectivity index (χ3n) is 5.24. The van der Waals surface area contributed by atoms with Gasteiger partial charge in [0, 0.05) is 38.1 Å². The molecule has 1 aliphatic heterocycles. The second-order valence-electron chi connectivity index (χ2n) is 7.24. The van der Waals surface area contributed by atoms with Crippen LogP contribution in [0.1, 0.15) is 12.5 Å². The molecule has 3 heterocycles. The molecule has 0 radical (unpaired) electrons. The number of furan rings is 1. The lowest BCUT2D eigenvalue weighted by atomic mass is 10.2. The van der Waals surface area contributed by atoms with E-state index in [1.807, 2.05) is 54.0 Å². The largest absolute Gasteiger partial charge is 0.461 e. The first-order valence-electron chi connectivity index (χ1n) is 10.1. The minimum Gasteiger partial charge on any atom is -0.461 e. The highest BCUT2D eigenvalue weighted by Crippen LogP contribution is 2.19. The number of aromatic nitrogens is 3. The molecule has 1 saturated heterocycles. The van der Waals surface area contributed by atoms with E-state index >= 15 is 0 Å². The average Bonchev–Trinajstić information content (AvgIpc) is 3.42. The average molecular weight is 460 g/mol. The van der Waals surface area contributed by atoms with E-state index in [9.17, 15) is 8.42 Å². The number of sulfonamides is 1. The van der Waals surface area contributed by atoms with Crippen LogP contribution >= 0.6 is 12.2 Å². The van der Waals surface area contributed by atoms with Gasteiger partial charge in [0.15, 0.2) is 16.4 Å². The van der Waals surface area contributed by atoms with Gasteiger partial charge in [0.2, 0.25) is 10.0 Å². The van der Waals surface area contributed by atoms with E-state index in [-0.39, 0.29) is 0 Å². The Hall–Kier alpha value is -2.53. The van der Waals surface area contributed by atoms with Gasteiger partial charge in [-0.1, -0.05) is 30.3 Å². The van der Waals surface area contributed by atoms with Crippen LogP contribution in [0.15, 0.2) is 58.6 Å². The first-order chi connectivity index (χ1) is 15.0. The molecule has 0 amide bonds. The molecule has 0 aliphatic carbocycles. The number of piperazine rings is 1. The molecule has 0 spiro atoms. The van der Waals surface area contributed by atoms with Crippen molar-refractivity contribution in [1.29, 1.82) is 0 Å². The molecule has 8 nitrogen and oxygen atoms in total. The van der Waals surface area contributed by atoms with E-state index in [2.05, 4.69) is 10.00 Å². The van der Waals surface area contributed by atoms with E-state index in [4.69, 9.17) is 16.6 Å². The Kier molecular flexibility index (Phi) is 6.51.